The van der Waals surface area contributed by atoms with E-state index in [1.165, 1.54) is 21.6 Å². The van der Waals surface area contributed by atoms with Gasteiger partial charge in [0.05, 0.1) is 17.4 Å². The van der Waals surface area contributed by atoms with Crippen molar-refractivity contribution in [3.63, 3.8) is 0 Å². The third-order valence-corrected chi connectivity index (χ3v) is 6.64. The van der Waals surface area contributed by atoms with Gasteiger partial charge in [-0.3, -0.25) is 14.4 Å². The highest BCUT2D eigenvalue weighted by Crippen LogP contribution is 2.31. The highest BCUT2D eigenvalue weighted by Gasteiger charge is 2.36. The lowest BCUT2D eigenvalue weighted by atomic mass is 9.90. The van der Waals surface area contributed by atoms with Crippen LogP contribution in [0.1, 0.15) is 63.4 Å². The number of terminal acetylenes is 1. The second-order valence-corrected chi connectivity index (χ2v) is 8.74. The minimum absolute atomic E-state index is 0.00852. The second-order valence-electron chi connectivity index (χ2n) is 8.74. The number of aromatic nitrogens is 1. The Kier molecular flexibility index (Phi) is 7.57. The first-order chi connectivity index (χ1) is 16.1. The van der Waals surface area contributed by atoms with Gasteiger partial charge in [0, 0.05) is 24.5 Å². The number of anilines is 1. The van der Waals surface area contributed by atoms with Crippen LogP contribution in [0.2, 0.25) is 0 Å². The van der Waals surface area contributed by atoms with Crippen LogP contribution in [0.4, 0.5) is 10.1 Å². The van der Waals surface area contributed by atoms with E-state index >= 15 is 0 Å². The Hall–Kier alpha value is -3.44. The van der Waals surface area contributed by atoms with Crippen LogP contribution in [0.15, 0.2) is 18.2 Å². The number of ether oxygens (including phenoxy) is 1. The number of carbonyl (C=O) groups is 3. The number of amides is 2. The number of nitrogens with zero attached hydrogens (tertiary/aromatic N) is 2. The van der Waals surface area contributed by atoms with E-state index in [1.54, 1.807) is 33.9 Å². The molecule has 1 saturated carbocycles. The number of primary amides is 1. The predicted molar refractivity (Wildman–Crippen MR) is 127 cm³/mol. The van der Waals surface area contributed by atoms with Gasteiger partial charge < -0.3 is 19.9 Å². The minimum atomic E-state index is -0.747. The summed E-state index contributed by atoms with van der Waals surface area (Å²) < 4.78 is 21.1. The number of hydrogen-bond donors (Lipinski definition) is 1. The Morgan fingerprint density at radius 3 is 2.38 bits per heavy atom. The highest BCUT2D eigenvalue weighted by molar-refractivity contribution is 6.47. The van der Waals surface area contributed by atoms with Crippen LogP contribution >= 0.6 is 0 Å². The number of benzene rings is 1. The first-order valence-corrected chi connectivity index (χ1v) is 11.2. The maximum absolute atomic E-state index is 14.0. The van der Waals surface area contributed by atoms with Crippen LogP contribution in [0.5, 0.6) is 0 Å². The van der Waals surface area contributed by atoms with E-state index in [2.05, 4.69) is 5.92 Å². The van der Waals surface area contributed by atoms with Crippen LogP contribution in [-0.4, -0.2) is 40.9 Å². The number of rotatable bonds is 7. The summed E-state index contributed by atoms with van der Waals surface area (Å²) in [5.74, 6) is -0.0772. The normalized spacial score (nSPS) is 17.8. The zero-order valence-electron chi connectivity index (χ0n) is 20.0. The molecule has 1 aliphatic carbocycles. The minimum Gasteiger partial charge on any atom is -0.366 e. The Bertz CT molecular complexity index is 1170. The lowest BCUT2D eigenvalue weighted by Crippen LogP contribution is -2.47. The summed E-state index contributed by atoms with van der Waals surface area (Å²) in [5, 5.41) is 0. The molecule has 0 radical (unpaired) electrons. The van der Waals surface area contributed by atoms with Gasteiger partial charge in [-0.1, -0.05) is 5.92 Å². The monoisotopic (exact) mass is 467 g/mol. The average Bonchev–Trinajstić information content (AvgIpc) is 3.03. The highest BCUT2D eigenvalue weighted by atomic mass is 19.1. The van der Waals surface area contributed by atoms with Crippen molar-refractivity contribution in [3.8, 4) is 12.3 Å². The summed E-state index contributed by atoms with van der Waals surface area (Å²) in [4.78, 5) is 40.6. The zero-order chi connectivity index (χ0) is 25.2. The first kappa shape index (κ1) is 25.2. The smallest absolute Gasteiger partial charge is 0.301 e. The van der Waals surface area contributed by atoms with E-state index in [4.69, 9.17) is 16.9 Å². The summed E-state index contributed by atoms with van der Waals surface area (Å²) in [6.07, 6.45) is 7.83. The molecule has 1 aromatic carbocycles. The van der Waals surface area contributed by atoms with Gasteiger partial charge >= 0.3 is 5.91 Å². The summed E-state index contributed by atoms with van der Waals surface area (Å²) in [7, 11) is 1.62. The number of carbonyl (C=O) groups excluding carboxylic acids is 3. The van der Waals surface area contributed by atoms with Crippen molar-refractivity contribution in [1.29, 1.82) is 0 Å². The molecule has 1 fully saturated rings. The van der Waals surface area contributed by atoms with Gasteiger partial charge in [0.2, 0.25) is 0 Å². The molecular weight excluding hydrogens is 437 g/mol. The summed E-state index contributed by atoms with van der Waals surface area (Å²) in [6.45, 7) is 5.11. The Morgan fingerprint density at radius 1 is 1.21 bits per heavy atom. The van der Waals surface area contributed by atoms with Crippen molar-refractivity contribution in [2.45, 2.75) is 58.6 Å². The zero-order valence-corrected chi connectivity index (χ0v) is 20.0. The predicted octanol–water partition coefficient (Wildman–Crippen LogP) is 3.37. The van der Waals surface area contributed by atoms with Crippen molar-refractivity contribution in [2.24, 2.45) is 12.8 Å². The van der Waals surface area contributed by atoms with E-state index in [0.717, 1.165) is 0 Å². The molecule has 1 heterocycles. The molecule has 0 unspecified atom stereocenters. The number of Topliss-reactive ketones (excluding diaryl/α,β-unsaturated/α-hetero) is 1. The molecule has 34 heavy (non-hydrogen) atoms. The fourth-order valence-electron chi connectivity index (χ4n) is 4.78. The molecule has 2 aromatic rings. The van der Waals surface area contributed by atoms with E-state index in [9.17, 15) is 18.8 Å². The molecule has 2 amide bonds. The standard InChI is InChI=1S/C26H30FN3O4/c1-6-13-34-20-10-7-18(8-11-20)30(19-9-12-21(27)15(2)14-19)26(33)24(31)23-16(3)22(25(28)32)17(4)29(23)5/h1,9,12,14,18,20H,7-8,10-11,13H2,2-5H3,(H2,28,32). The fourth-order valence-corrected chi connectivity index (χ4v) is 4.78. The van der Waals surface area contributed by atoms with Gasteiger partial charge in [-0.15, -0.1) is 6.42 Å². The van der Waals surface area contributed by atoms with Crippen molar-refractivity contribution in [1.82, 2.24) is 4.57 Å². The lowest BCUT2D eigenvalue weighted by Gasteiger charge is -2.36. The molecule has 180 valence electrons. The third kappa shape index (κ3) is 4.75. The van der Waals surface area contributed by atoms with Crippen molar-refractivity contribution in [3.05, 3.63) is 52.1 Å². The molecule has 3 rings (SSSR count). The number of nitrogens with two attached hydrogens (primary N) is 1. The topological polar surface area (TPSA) is 94.6 Å². The Morgan fingerprint density at radius 2 is 1.85 bits per heavy atom. The van der Waals surface area contributed by atoms with Crippen molar-refractivity contribution < 1.29 is 23.5 Å². The first-order valence-electron chi connectivity index (χ1n) is 11.2. The molecule has 2 N–H and O–H groups in total. The molecule has 8 heteroatoms. The van der Waals surface area contributed by atoms with Gasteiger partial charge in [-0.25, -0.2) is 4.39 Å². The quantitative estimate of drug-likeness (QED) is 0.384. The molecule has 1 aliphatic rings. The van der Waals surface area contributed by atoms with E-state index in [-0.39, 0.29) is 30.0 Å². The Balaban J connectivity index is 1.99. The molecule has 0 atom stereocenters. The molecule has 0 saturated heterocycles. The van der Waals surface area contributed by atoms with Gasteiger partial charge in [0.15, 0.2) is 0 Å². The van der Waals surface area contributed by atoms with E-state index in [1.807, 2.05) is 0 Å². The molecule has 0 spiro atoms. The molecular formula is C26H30FN3O4. The van der Waals surface area contributed by atoms with Crippen molar-refractivity contribution >= 4 is 23.3 Å². The maximum Gasteiger partial charge on any atom is 0.301 e. The summed E-state index contributed by atoms with van der Waals surface area (Å²) >= 11 is 0. The van der Waals surface area contributed by atoms with Gasteiger partial charge in [-0.2, -0.15) is 0 Å². The van der Waals surface area contributed by atoms with Crippen LogP contribution in [0.3, 0.4) is 0 Å². The van der Waals surface area contributed by atoms with Crippen molar-refractivity contribution in [2.75, 3.05) is 11.5 Å². The van der Waals surface area contributed by atoms with E-state index < -0.39 is 23.4 Å². The van der Waals surface area contributed by atoms with Crippen LogP contribution in [-0.2, 0) is 16.6 Å². The molecule has 7 nitrogen and oxygen atoms in total. The van der Waals surface area contributed by atoms with Gasteiger partial charge in [0.25, 0.3) is 11.7 Å². The number of hydrogen-bond acceptors (Lipinski definition) is 4. The number of aryl methyl sites for hydroxylation is 1. The van der Waals surface area contributed by atoms with Crippen LogP contribution in [0, 0.1) is 38.9 Å². The molecule has 0 bridgehead atoms. The number of halogens is 1. The lowest BCUT2D eigenvalue weighted by molar-refractivity contribution is -0.115. The van der Waals surface area contributed by atoms with Crippen LogP contribution < -0.4 is 10.6 Å². The SMILES string of the molecule is C#CCOC1CCC(N(C(=O)C(=O)c2c(C)c(C(N)=O)c(C)n2C)c2ccc(F)c(C)c2)CC1. The molecule has 0 aliphatic heterocycles. The Labute approximate surface area is 199 Å². The third-order valence-electron chi connectivity index (χ3n) is 6.64. The fraction of sp³-hybridized carbons (Fsp3) is 0.423. The van der Waals surface area contributed by atoms with E-state index in [0.29, 0.717) is 48.2 Å². The summed E-state index contributed by atoms with van der Waals surface area (Å²) in [6, 6.07) is 4.09. The van der Waals surface area contributed by atoms with Gasteiger partial charge in [0.1, 0.15) is 12.4 Å². The largest absolute Gasteiger partial charge is 0.366 e. The number of ketones is 1. The van der Waals surface area contributed by atoms with Gasteiger partial charge in [-0.05, 0) is 75.8 Å². The van der Waals surface area contributed by atoms with Crippen LogP contribution in [0.25, 0.3) is 0 Å². The second kappa shape index (κ2) is 10.2. The maximum atomic E-state index is 14.0. The summed E-state index contributed by atoms with van der Waals surface area (Å²) in [5.41, 5.74) is 7.55. The molecule has 1 aromatic heterocycles. The average molecular weight is 468 g/mol.